The van der Waals surface area contributed by atoms with E-state index in [1.165, 1.54) is 11.1 Å². The Kier molecular flexibility index (Phi) is 23.6. The van der Waals surface area contributed by atoms with Crippen molar-refractivity contribution in [3.63, 3.8) is 0 Å². The van der Waals surface area contributed by atoms with Crippen molar-refractivity contribution in [3.8, 4) is 17.1 Å². The number of aromatic amines is 4. The Morgan fingerprint density at radius 2 is 0.750 bits per heavy atom. The maximum absolute atomic E-state index is 12.2. The van der Waals surface area contributed by atoms with E-state index in [9.17, 15) is 24.0 Å². The van der Waals surface area contributed by atoms with E-state index in [-0.39, 0.29) is 27.9 Å². The summed E-state index contributed by atoms with van der Waals surface area (Å²) in [6.45, 7) is 0.767. The Morgan fingerprint density at radius 3 is 1.26 bits per heavy atom. The predicted molar refractivity (Wildman–Crippen MR) is 472 cm³/mol. The number of nitrogens with zero attached hydrogens (tertiary/aromatic N) is 10. The van der Waals surface area contributed by atoms with Gasteiger partial charge in [-0.3, -0.25) is 34.2 Å². The van der Waals surface area contributed by atoms with Gasteiger partial charge in [-0.15, -0.1) is 0 Å². The van der Waals surface area contributed by atoms with Crippen molar-refractivity contribution in [2.24, 2.45) is 15.0 Å². The van der Waals surface area contributed by atoms with E-state index >= 15 is 0 Å². The molecule has 0 unspecified atom stereocenters. The largest absolute Gasteiger partial charge is 0.493 e. The Bertz CT molecular complexity index is 7120. The summed E-state index contributed by atoms with van der Waals surface area (Å²) < 4.78 is 22.4. The quantitative estimate of drug-likeness (QED) is 0.0584. The van der Waals surface area contributed by atoms with Crippen molar-refractivity contribution >= 4 is 111 Å². The van der Waals surface area contributed by atoms with Gasteiger partial charge in [0.2, 0.25) is 0 Å². The fraction of sp³-hybridized carbons (Fsp3) is 0.156. The monoisotopic (exact) mass is 1600 g/mol. The number of aryl methyl sites for hydroxylation is 7. The molecule has 12 heterocycles. The first kappa shape index (κ1) is 77.7. The number of nitrogens with one attached hydrogen (secondary N) is 4. The van der Waals surface area contributed by atoms with E-state index in [1.54, 1.807) is 47.9 Å². The number of ether oxygens (including phenoxy) is 1. The summed E-state index contributed by atoms with van der Waals surface area (Å²) in [6, 6.07) is 72.7. The molecule has 4 aliphatic heterocycles. The predicted octanol–water partition coefficient (Wildman–Crippen LogP) is 17.7. The molecule has 24 heteroatoms. The van der Waals surface area contributed by atoms with Crippen LogP contribution in [0.4, 0.5) is 0 Å². The second-order valence-corrected chi connectivity index (χ2v) is 29.6. The number of hydrogen-bond donors (Lipinski definition) is 4. The lowest BCUT2D eigenvalue weighted by atomic mass is 10.1. The molecule has 0 spiro atoms. The molecule has 21 rings (SSSR count). The lowest BCUT2D eigenvalue weighted by Gasteiger charge is -2.04. The number of H-pyrrole nitrogens is 4. The highest BCUT2D eigenvalue weighted by Crippen LogP contribution is 2.33. The standard InChI is InChI=1S/C22H19N3O2.C20H16N2O2.C19H15N3O2.C18H15N3OS.C17H13N3O2/c26-22-17-3-1-2-4-19(17)24-21(25-22)10-7-16-6-8-18(23-16)14-5-9-20-15(13-14)11-12-27-20;23-20-16-8-4-5-9-18(16)22-19(24-20)13-11-15-10-12-17(21-15)14-6-2-1-3-7-14;23-19-14-8-4-5-9-15(14)21-17(22-19)10-11-18-20-12-16(24-18)13-6-2-1-3-7-13;22-18-14-3-1-2-4-16(14)20-17(21-18)8-6-13-5-7-15(19-13)12-9-10-23-11-12;21-17-11-5-1-2-6-12(11)18-15(20-17)9-10-16-19-13-7-3-4-8-14(13)22-16/h1-5,8-9,13H,6-7,10-12H2,(H,24,25,26);1-9,12H,10-11,13H2;1-9,12H,10-11H2,(H,21,22,23);1-4,7,9-11H,5-6,8H2,(H,20,21,22);1-8H,9-10H2,(H,18,20,21). The molecule has 17 aromatic rings. The van der Waals surface area contributed by atoms with Crippen LogP contribution in [0.5, 0.6) is 5.75 Å². The minimum Gasteiger partial charge on any atom is -0.493 e. The van der Waals surface area contributed by atoms with Crippen LogP contribution in [0.15, 0.2) is 318 Å². The van der Waals surface area contributed by atoms with Gasteiger partial charge in [0.25, 0.3) is 22.2 Å². The fourth-order valence-electron chi connectivity index (χ4n) is 14.4. The average Bonchev–Trinajstić information content (AvgIpc) is 0.913. The highest BCUT2D eigenvalue weighted by Gasteiger charge is 2.20. The number of allylic oxidation sites excluding steroid dienone is 3. The number of aromatic nitrogens is 11. The minimum atomic E-state index is -0.327. The van der Waals surface area contributed by atoms with Crippen LogP contribution in [0.2, 0.25) is 0 Å². The molecule has 0 aliphatic carbocycles. The third-order valence-corrected chi connectivity index (χ3v) is 21.2. The topological polar surface area (TPSA) is 324 Å². The second-order valence-electron chi connectivity index (χ2n) is 28.8. The Balaban J connectivity index is 0.000000107. The Labute approximate surface area is 689 Å². The van der Waals surface area contributed by atoms with Crippen molar-refractivity contribution in [1.29, 1.82) is 0 Å². The van der Waals surface area contributed by atoms with E-state index in [4.69, 9.17) is 28.0 Å². The van der Waals surface area contributed by atoms with Crippen LogP contribution in [0.25, 0.3) is 94.0 Å². The van der Waals surface area contributed by atoms with Crippen molar-refractivity contribution in [2.45, 2.75) is 89.9 Å². The van der Waals surface area contributed by atoms with E-state index in [0.717, 1.165) is 142 Å². The van der Waals surface area contributed by atoms with Gasteiger partial charge >= 0.3 is 5.63 Å². The highest BCUT2D eigenvalue weighted by molar-refractivity contribution is 7.08. The van der Waals surface area contributed by atoms with E-state index in [2.05, 4.69) is 119 Å². The van der Waals surface area contributed by atoms with Crippen molar-refractivity contribution in [2.75, 3.05) is 6.61 Å². The molecule has 0 saturated carbocycles. The van der Waals surface area contributed by atoms with Crippen LogP contribution >= 0.6 is 11.3 Å². The van der Waals surface area contributed by atoms with E-state index < -0.39 is 0 Å². The van der Waals surface area contributed by atoms with Crippen LogP contribution in [0.3, 0.4) is 0 Å². The lowest BCUT2D eigenvalue weighted by molar-refractivity contribution is 0.357. The summed E-state index contributed by atoms with van der Waals surface area (Å²) in [5, 5.41) is 7.16. The van der Waals surface area contributed by atoms with E-state index in [0.29, 0.717) is 124 Å². The highest BCUT2D eigenvalue weighted by atomic mass is 32.1. The van der Waals surface area contributed by atoms with Gasteiger partial charge in [-0.05, 0) is 133 Å². The third kappa shape index (κ3) is 19.0. The number of para-hydroxylation sites is 7. The fourth-order valence-corrected chi connectivity index (χ4v) is 15.1. The zero-order valence-electron chi connectivity index (χ0n) is 65.1. The molecule has 4 N–H and O–H groups in total. The first-order valence-electron chi connectivity index (χ1n) is 39.7. The van der Waals surface area contributed by atoms with E-state index in [1.807, 2.05) is 170 Å². The van der Waals surface area contributed by atoms with Gasteiger partial charge in [0.05, 0.1) is 84.4 Å². The zero-order valence-corrected chi connectivity index (χ0v) is 65.9. The van der Waals surface area contributed by atoms with Crippen LogP contribution < -0.4 is 32.6 Å². The average molecular weight is 1600 g/mol. The van der Waals surface area contributed by atoms with Gasteiger partial charge in [-0.25, -0.2) is 39.7 Å². The van der Waals surface area contributed by atoms with Crippen LogP contribution in [-0.4, -0.2) is 78.6 Å². The summed E-state index contributed by atoms with van der Waals surface area (Å²) >= 11 is 1.68. The summed E-state index contributed by atoms with van der Waals surface area (Å²) in [4.78, 5) is 117. The first-order chi connectivity index (χ1) is 58.9. The number of rotatable bonds is 19. The second kappa shape index (κ2) is 36.5. The van der Waals surface area contributed by atoms with Crippen LogP contribution in [0.1, 0.15) is 102 Å². The van der Waals surface area contributed by atoms with Crippen molar-refractivity contribution in [3.05, 3.63) is 381 Å². The Hall–Kier alpha value is -14.9. The molecule has 0 fully saturated rings. The molecule has 0 amide bonds. The molecule has 0 saturated heterocycles. The smallest absolute Gasteiger partial charge is 0.346 e. The van der Waals surface area contributed by atoms with Gasteiger partial charge < -0.3 is 37.9 Å². The van der Waals surface area contributed by atoms with Gasteiger partial charge in [0.15, 0.2) is 29.0 Å². The summed E-state index contributed by atoms with van der Waals surface area (Å²) in [5.41, 5.74) is 16.6. The number of benzene rings is 9. The molecule has 0 bridgehead atoms. The first-order valence-corrected chi connectivity index (χ1v) is 40.7. The molecular formula is C96H78N14O9S. The summed E-state index contributed by atoms with van der Waals surface area (Å²) in [5.74, 6) is 6.20. The molecule has 120 heavy (non-hydrogen) atoms. The molecular weight excluding hydrogens is 1530 g/mol. The van der Waals surface area contributed by atoms with Crippen LogP contribution in [0, 0.1) is 0 Å². The van der Waals surface area contributed by atoms with Gasteiger partial charge in [0, 0.05) is 110 Å². The maximum Gasteiger partial charge on any atom is 0.346 e. The minimum absolute atomic E-state index is 0.0731. The normalized spacial score (nSPS) is 13.2. The van der Waals surface area contributed by atoms with Gasteiger partial charge in [-0.2, -0.15) is 11.3 Å². The summed E-state index contributed by atoms with van der Waals surface area (Å²) in [6.07, 6.45) is 18.3. The summed E-state index contributed by atoms with van der Waals surface area (Å²) in [7, 11) is 0. The number of hydrogen-bond acceptors (Lipinski definition) is 20. The molecule has 23 nitrogen and oxygen atoms in total. The molecule has 4 aliphatic rings. The molecule has 0 atom stereocenters. The molecule has 0 radical (unpaired) electrons. The maximum atomic E-state index is 12.2. The van der Waals surface area contributed by atoms with Gasteiger partial charge in [0.1, 0.15) is 34.6 Å². The third-order valence-electron chi connectivity index (χ3n) is 20.6. The van der Waals surface area contributed by atoms with Crippen molar-refractivity contribution < 1.29 is 18.0 Å². The molecule has 8 aromatic heterocycles. The molecule has 9 aromatic carbocycles. The Morgan fingerprint density at radius 1 is 0.342 bits per heavy atom. The zero-order chi connectivity index (χ0) is 81.5. The SMILES string of the molecule is O=c1[nH]c(CCC2=NC(c3ccc4c(c3)CCO4)=CC2)nc2ccccc12.O=c1[nH]c(CCC2=NC(c3ccsc3)=CC2)nc2ccccc12.O=c1[nH]c(CCc2nc3ccccc3o2)nc2ccccc12.O=c1[nH]c(CCc2ncc(-c3ccccc3)o2)nc2ccccc12.O=c1oc(CCC2=NC(c3ccccc3)=CC2)nc2ccccc12. The number of thiophene rings is 1. The molecule has 592 valence electrons. The number of aliphatic imine (C=N–C) groups is 3. The van der Waals surface area contributed by atoms with Gasteiger partial charge in [-0.1, -0.05) is 152 Å². The number of oxazole rings is 2. The number of fused-ring (bicyclic) bond motifs is 7. The lowest BCUT2D eigenvalue weighted by Crippen LogP contribution is -2.12. The van der Waals surface area contributed by atoms with Crippen molar-refractivity contribution in [1.82, 2.24) is 54.8 Å². The van der Waals surface area contributed by atoms with Crippen LogP contribution in [-0.2, 0) is 51.4 Å².